The van der Waals surface area contributed by atoms with Crippen molar-refractivity contribution in [3.05, 3.63) is 52.3 Å². The standard InChI is InChI=1S/C21H22N4O4S/c1-28-16-6-4-14(5-7-16)18-12-15-13-24(9-3-10-25(15)23-18)21(27)22-17-8-11-30-19(17)20(26)29-2/h4-8,11-12H,3,9-10,13H2,1-2H3,(H,22,27). The molecular weight excluding hydrogens is 404 g/mol. The topological polar surface area (TPSA) is 85.7 Å². The lowest BCUT2D eigenvalue weighted by molar-refractivity contribution is 0.0607. The molecule has 9 heteroatoms. The van der Waals surface area contributed by atoms with Crippen LogP contribution in [-0.4, -0.2) is 47.4 Å². The van der Waals surface area contributed by atoms with E-state index in [9.17, 15) is 9.59 Å². The highest BCUT2D eigenvalue weighted by atomic mass is 32.1. The highest BCUT2D eigenvalue weighted by Crippen LogP contribution is 2.26. The summed E-state index contributed by atoms with van der Waals surface area (Å²) in [6.45, 7) is 1.78. The number of amides is 2. The minimum atomic E-state index is -0.460. The molecule has 0 atom stereocenters. The van der Waals surface area contributed by atoms with Gasteiger partial charge in [-0.3, -0.25) is 4.68 Å². The summed E-state index contributed by atoms with van der Waals surface area (Å²) in [5.74, 6) is 0.334. The van der Waals surface area contributed by atoms with Crippen LogP contribution in [0, 0.1) is 0 Å². The third kappa shape index (κ3) is 4.02. The van der Waals surface area contributed by atoms with Gasteiger partial charge < -0.3 is 19.7 Å². The number of benzene rings is 1. The molecule has 1 aliphatic heterocycles. The van der Waals surface area contributed by atoms with E-state index in [0.717, 1.165) is 35.7 Å². The molecule has 4 rings (SSSR count). The van der Waals surface area contributed by atoms with Crippen LogP contribution in [0.4, 0.5) is 10.5 Å². The number of nitrogens with one attached hydrogen (secondary N) is 1. The minimum Gasteiger partial charge on any atom is -0.497 e. The van der Waals surface area contributed by atoms with Crippen molar-refractivity contribution in [2.45, 2.75) is 19.5 Å². The lowest BCUT2D eigenvalue weighted by atomic mass is 10.1. The number of esters is 1. The maximum absolute atomic E-state index is 12.9. The third-order valence-corrected chi connectivity index (χ3v) is 5.86. The Labute approximate surface area is 178 Å². The predicted octanol–water partition coefficient (Wildman–Crippen LogP) is 3.84. The molecule has 1 aliphatic rings. The van der Waals surface area contributed by atoms with E-state index in [4.69, 9.17) is 14.6 Å². The molecule has 0 fully saturated rings. The number of carbonyl (C=O) groups excluding carboxylic acids is 2. The summed E-state index contributed by atoms with van der Waals surface area (Å²) in [7, 11) is 2.96. The summed E-state index contributed by atoms with van der Waals surface area (Å²) in [6, 6.07) is 11.2. The van der Waals surface area contributed by atoms with E-state index in [2.05, 4.69) is 5.32 Å². The van der Waals surface area contributed by atoms with Crippen LogP contribution in [0.2, 0.25) is 0 Å². The summed E-state index contributed by atoms with van der Waals surface area (Å²) in [4.78, 5) is 26.8. The van der Waals surface area contributed by atoms with Crippen LogP contribution >= 0.6 is 11.3 Å². The van der Waals surface area contributed by atoms with Gasteiger partial charge in [-0.2, -0.15) is 5.10 Å². The largest absolute Gasteiger partial charge is 0.497 e. The highest BCUT2D eigenvalue weighted by Gasteiger charge is 2.23. The van der Waals surface area contributed by atoms with Crippen molar-refractivity contribution in [2.24, 2.45) is 0 Å². The van der Waals surface area contributed by atoms with Gasteiger partial charge in [0.05, 0.1) is 37.8 Å². The molecule has 0 aliphatic carbocycles. The molecule has 1 aromatic carbocycles. The number of carbonyl (C=O) groups is 2. The molecular formula is C21H22N4O4S. The molecule has 0 spiro atoms. The number of methoxy groups -OCH3 is 2. The van der Waals surface area contributed by atoms with E-state index in [1.807, 2.05) is 35.0 Å². The van der Waals surface area contributed by atoms with E-state index in [1.165, 1.54) is 18.4 Å². The first-order valence-electron chi connectivity index (χ1n) is 9.52. The molecule has 2 aromatic heterocycles. The molecule has 2 amide bonds. The Bertz CT molecular complexity index is 1060. The van der Waals surface area contributed by atoms with Crippen molar-refractivity contribution >= 4 is 29.0 Å². The Morgan fingerprint density at radius 2 is 1.93 bits per heavy atom. The number of hydrogen-bond donors (Lipinski definition) is 1. The zero-order chi connectivity index (χ0) is 21.1. The zero-order valence-electron chi connectivity index (χ0n) is 16.8. The van der Waals surface area contributed by atoms with Crippen LogP contribution < -0.4 is 10.1 Å². The number of ether oxygens (including phenoxy) is 2. The summed E-state index contributed by atoms with van der Waals surface area (Å²) in [5, 5.41) is 9.30. The molecule has 0 saturated carbocycles. The van der Waals surface area contributed by atoms with E-state index in [-0.39, 0.29) is 6.03 Å². The second-order valence-electron chi connectivity index (χ2n) is 6.83. The van der Waals surface area contributed by atoms with Gasteiger partial charge in [-0.25, -0.2) is 9.59 Å². The van der Waals surface area contributed by atoms with E-state index >= 15 is 0 Å². The lowest BCUT2D eigenvalue weighted by Gasteiger charge is -2.20. The Hall–Kier alpha value is -3.33. The van der Waals surface area contributed by atoms with Gasteiger partial charge in [0.1, 0.15) is 10.6 Å². The molecule has 3 aromatic rings. The fourth-order valence-electron chi connectivity index (χ4n) is 3.39. The van der Waals surface area contributed by atoms with Gasteiger partial charge in [0.15, 0.2) is 0 Å². The second-order valence-corrected chi connectivity index (χ2v) is 7.75. The highest BCUT2D eigenvalue weighted by molar-refractivity contribution is 7.12. The smallest absolute Gasteiger partial charge is 0.350 e. The van der Waals surface area contributed by atoms with Crippen LogP contribution in [-0.2, 0) is 17.8 Å². The monoisotopic (exact) mass is 426 g/mol. The summed E-state index contributed by atoms with van der Waals surface area (Å²) in [6.07, 6.45) is 0.789. The number of urea groups is 1. The number of aryl methyl sites for hydroxylation is 1. The van der Waals surface area contributed by atoms with E-state index in [0.29, 0.717) is 23.7 Å². The molecule has 8 nitrogen and oxygen atoms in total. The first-order chi connectivity index (χ1) is 14.6. The minimum absolute atomic E-state index is 0.251. The van der Waals surface area contributed by atoms with Crippen LogP contribution in [0.5, 0.6) is 5.75 Å². The zero-order valence-corrected chi connectivity index (χ0v) is 17.6. The number of anilines is 1. The maximum atomic E-state index is 12.9. The molecule has 0 saturated heterocycles. The normalized spacial score (nSPS) is 13.3. The Balaban J connectivity index is 1.50. The average molecular weight is 426 g/mol. The van der Waals surface area contributed by atoms with Crippen molar-refractivity contribution in [2.75, 3.05) is 26.1 Å². The van der Waals surface area contributed by atoms with Crippen LogP contribution in [0.1, 0.15) is 21.8 Å². The van der Waals surface area contributed by atoms with Gasteiger partial charge in [-0.15, -0.1) is 11.3 Å². The molecule has 0 unspecified atom stereocenters. The molecule has 0 radical (unpaired) electrons. The van der Waals surface area contributed by atoms with Crippen molar-refractivity contribution in [1.29, 1.82) is 0 Å². The molecule has 0 bridgehead atoms. The number of aromatic nitrogens is 2. The fourth-order valence-corrected chi connectivity index (χ4v) is 4.16. The Kier molecular flexibility index (Phi) is 5.71. The van der Waals surface area contributed by atoms with Crippen LogP contribution in [0.3, 0.4) is 0 Å². The molecule has 30 heavy (non-hydrogen) atoms. The number of thiophene rings is 1. The Morgan fingerprint density at radius 3 is 2.67 bits per heavy atom. The summed E-state index contributed by atoms with van der Waals surface area (Å²) in [5.41, 5.74) is 3.29. The number of hydrogen-bond acceptors (Lipinski definition) is 6. The maximum Gasteiger partial charge on any atom is 0.350 e. The van der Waals surface area contributed by atoms with Crippen LogP contribution in [0.15, 0.2) is 41.8 Å². The predicted molar refractivity (Wildman–Crippen MR) is 114 cm³/mol. The fraction of sp³-hybridized carbons (Fsp3) is 0.286. The van der Waals surface area contributed by atoms with Gasteiger partial charge in [0.25, 0.3) is 0 Å². The van der Waals surface area contributed by atoms with Crippen molar-refractivity contribution in [1.82, 2.24) is 14.7 Å². The third-order valence-electron chi connectivity index (χ3n) is 4.96. The Morgan fingerprint density at radius 1 is 1.13 bits per heavy atom. The SMILES string of the molecule is COC(=O)c1sccc1NC(=O)N1CCCn2nc(-c3ccc(OC)cc3)cc2C1. The average Bonchev–Trinajstić information content (AvgIpc) is 3.34. The lowest BCUT2D eigenvalue weighted by Crippen LogP contribution is -2.34. The van der Waals surface area contributed by atoms with E-state index < -0.39 is 5.97 Å². The molecule has 1 N–H and O–H groups in total. The summed E-state index contributed by atoms with van der Waals surface area (Å²) < 4.78 is 11.9. The quantitative estimate of drug-likeness (QED) is 0.641. The molecule has 156 valence electrons. The van der Waals surface area contributed by atoms with Crippen molar-refractivity contribution in [3.63, 3.8) is 0 Å². The number of rotatable bonds is 4. The van der Waals surface area contributed by atoms with Gasteiger partial charge in [-0.1, -0.05) is 0 Å². The number of fused-ring (bicyclic) bond motifs is 1. The first kappa shape index (κ1) is 20.0. The van der Waals surface area contributed by atoms with Gasteiger partial charge in [0, 0.05) is 18.7 Å². The molecule has 3 heterocycles. The van der Waals surface area contributed by atoms with E-state index in [1.54, 1.807) is 23.5 Å². The van der Waals surface area contributed by atoms with Gasteiger partial charge >= 0.3 is 12.0 Å². The van der Waals surface area contributed by atoms with Crippen molar-refractivity contribution in [3.8, 4) is 17.0 Å². The van der Waals surface area contributed by atoms with Gasteiger partial charge in [-0.05, 0) is 48.2 Å². The van der Waals surface area contributed by atoms with Gasteiger partial charge in [0.2, 0.25) is 0 Å². The van der Waals surface area contributed by atoms with Crippen molar-refractivity contribution < 1.29 is 19.1 Å². The summed E-state index contributed by atoms with van der Waals surface area (Å²) >= 11 is 1.24. The first-order valence-corrected chi connectivity index (χ1v) is 10.4. The second kappa shape index (κ2) is 8.58. The van der Waals surface area contributed by atoms with Crippen LogP contribution in [0.25, 0.3) is 11.3 Å². The number of nitrogens with zero attached hydrogens (tertiary/aromatic N) is 3.